The molecule has 2 aromatic rings. The van der Waals surface area contributed by atoms with E-state index >= 15 is 0 Å². The Kier molecular flexibility index (Phi) is 4.18. The maximum absolute atomic E-state index is 12.2. The van der Waals surface area contributed by atoms with Crippen LogP contribution < -0.4 is 4.72 Å². The highest BCUT2D eigenvalue weighted by molar-refractivity contribution is 7.90. The molecule has 1 aromatic heterocycles. The van der Waals surface area contributed by atoms with Gasteiger partial charge in [0.15, 0.2) is 5.78 Å². The van der Waals surface area contributed by atoms with Crippen LogP contribution in [0.1, 0.15) is 33.5 Å². The van der Waals surface area contributed by atoms with Crippen molar-refractivity contribution in [3.63, 3.8) is 0 Å². The summed E-state index contributed by atoms with van der Waals surface area (Å²) in [5, 5.41) is 0. The van der Waals surface area contributed by atoms with Gasteiger partial charge in [0, 0.05) is 18.3 Å². The maximum atomic E-state index is 12.2. The van der Waals surface area contributed by atoms with Crippen molar-refractivity contribution in [2.45, 2.75) is 18.7 Å². The van der Waals surface area contributed by atoms with Gasteiger partial charge >= 0.3 is 0 Å². The summed E-state index contributed by atoms with van der Waals surface area (Å²) < 4.78 is 28.0. The van der Waals surface area contributed by atoms with Crippen LogP contribution in [0.3, 0.4) is 0 Å². The van der Waals surface area contributed by atoms with Crippen LogP contribution in [-0.2, 0) is 17.1 Å². The van der Waals surface area contributed by atoms with E-state index in [2.05, 4.69) is 0 Å². The lowest BCUT2D eigenvalue weighted by Crippen LogP contribution is -2.31. The van der Waals surface area contributed by atoms with Gasteiger partial charge in [0.2, 0.25) is 0 Å². The number of ketones is 1. The minimum atomic E-state index is -3.98. The SMILES string of the molecule is CC(=O)c1ccc(S(=O)(=O)NC(=O)c2ccc(C)n2C)cc1. The summed E-state index contributed by atoms with van der Waals surface area (Å²) in [6.07, 6.45) is 0. The van der Waals surface area contributed by atoms with Crippen molar-refractivity contribution in [2.75, 3.05) is 0 Å². The van der Waals surface area contributed by atoms with Crippen molar-refractivity contribution in [2.24, 2.45) is 7.05 Å². The molecule has 0 spiro atoms. The average molecular weight is 320 g/mol. The minimum absolute atomic E-state index is 0.0724. The van der Waals surface area contributed by atoms with Crippen molar-refractivity contribution >= 4 is 21.7 Å². The van der Waals surface area contributed by atoms with Gasteiger partial charge in [-0.05, 0) is 38.1 Å². The summed E-state index contributed by atoms with van der Waals surface area (Å²) in [6, 6.07) is 8.69. The Labute approximate surface area is 128 Å². The zero-order chi connectivity index (χ0) is 16.5. The number of hydrogen-bond acceptors (Lipinski definition) is 4. The average Bonchev–Trinajstić information content (AvgIpc) is 2.78. The molecule has 0 aliphatic heterocycles. The molecule has 1 N–H and O–H groups in total. The molecule has 7 heteroatoms. The summed E-state index contributed by atoms with van der Waals surface area (Å²) >= 11 is 0. The fraction of sp³-hybridized carbons (Fsp3) is 0.200. The van der Waals surface area contributed by atoms with Gasteiger partial charge in [-0.25, -0.2) is 13.1 Å². The van der Waals surface area contributed by atoms with Crippen LogP contribution in [0.25, 0.3) is 0 Å². The van der Waals surface area contributed by atoms with Crippen LogP contribution in [-0.4, -0.2) is 24.7 Å². The van der Waals surface area contributed by atoms with Gasteiger partial charge in [0.05, 0.1) is 4.90 Å². The summed E-state index contributed by atoms with van der Waals surface area (Å²) in [7, 11) is -2.30. The van der Waals surface area contributed by atoms with Gasteiger partial charge in [-0.2, -0.15) is 0 Å². The number of carbonyl (C=O) groups excluding carboxylic acids is 2. The van der Waals surface area contributed by atoms with Gasteiger partial charge in [0.25, 0.3) is 15.9 Å². The zero-order valence-electron chi connectivity index (χ0n) is 12.5. The highest BCUT2D eigenvalue weighted by Crippen LogP contribution is 2.12. The van der Waals surface area contributed by atoms with E-state index in [1.165, 1.54) is 31.2 Å². The second-order valence-electron chi connectivity index (χ2n) is 4.93. The fourth-order valence-electron chi connectivity index (χ4n) is 1.94. The molecule has 0 atom stereocenters. The Morgan fingerprint density at radius 3 is 2.09 bits per heavy atom. The molecule has 1 amide bonds. The number of Topliss-reactive ketones (excluding diaryl/α,β-unsaturated/α-hetero) is 1. The number of carbonyl (C=O) groups is 2. The van der Waals surface area contributed by atoms with E-state index in [1.54, 1.807) is 23.7 Å². The lowest BCUT2D eigenvalue weighted by Gasteiger charge is -2.08. The topological polar surface area (TPSA) is 85.2 Å². The monoisotopic (exact) mass is 320 g/mol. The van der Waals surface area contributed by atoms with E-state index in [9.17, 15) is 18.0 Å². The number of hydrogen-bond donors (Lipinski definition) is 1. The first-order chi connectivity index (χ1) is 10.2. The van der Waals surface area contributed by atoms with Gasteiger partial charge in [-0.1, -0.05) is 12.1 Å². The summed E-state index contributed by atoms with van der Waals surface area (Å²) in [5.41, 5.74) is 1.50. The number of nitrogens with zero attached hydrogens (tertiary/aromatic N) is 1. The normalized spacial score (nSPS) is 11.2. The molecule has 0 radical (unpaired) electrons. The van der Waals surface area contributed by atoms with Crippen molar-refractivity contribution in [3.05, 3.63) is 53.3 Å². The number of aromatic nitrogens is 1. The van der Waals surface area contributed by atoms with Gasteiger partial charge < -0.3 is 4.57 Å². The highest BCUT2D eigenvalue weighted by Gasteiger charge is 2.20. The van der Waals surface area contributed by atoms with Crippen LogP contribution >= 0.6 is 0 Å². The minimum Gasteiger partial charge on any atom is -0.344 e. The van der Waals surface area contributed by atoms with Crippen molar-refractivity contribution in [1.29, 1.82) is 0 Å². The number of benzene rings is 1. The van der Waals surface area contributed by atoms with Crippen molar-refractivity contribution in [1.82, 2.24) is 9.29 Å². The quantitative estimate of drug-likeness (QED) is 0.868. The van der Waals surface area contributed by atoms with E-state index in [0.717, 1.165) is 5.69 Å². The number of amides is 1. The summed E-state index contributed by atoms with van der Waals surface area (Å²) in [5.74, 6) is -0.862. The molecule has 0 saturated carbocycles. The van der Waals surface area contributed by atoms with E-state index < -0.39 is 15.9 Å². The summed E-state index contributed by atoms with van der Waals surface area (Å²) in [6.45, 7) is 3.20. The highest BCUT2D eigenvalue weighted by atomic mass is 32.2. The first-order valence-corrected chi connectivity index (χ1v) is 8.01. The third kappa shape index (κ3) is 3.09. The predicted octanol–water partition coefficient (Wildman–Crippen LogP) is 1.65. The van der Waals surface area contributed by atoms with Crippen LogP contribution in [0, 0.1) is 6.92 Å². The van der Waals surface area contributed by atoms with E-state index in [-0.39, 0.29) is 16.4 Å². The molecule has 0 saturated heterocycles. The molecule has 6 nitrogen and oxygen atoms in total. The molecule has 0 bridgehead atoms. The Morgan fingerprint density at radius 2 is 1.64 bits per heavy atom. The number of rotatable bonds is 4. The molecule has 0 unspecified atom stereocenters. The first kappa shape index (κ1) is 16.0. The predicted molar refractivity (Wildman–Crippen MR) is 81.2 cm³/mol. The van der Waals surface area contributed by atoms with Crippen LogP contribution in [0.5, 0.6) is 0 Å². The van der Waals surface area contributed by atoms with E-state index in [0.29, 0.717) is 5.56 Å². The Balaban J connectivity index is 2.25. The van der Waals surface area contributed by atoms with Crippen LogP contribution in [0.15, 0.2) is 41.3 Å². The molecule has 1 aromatic carbocycles. The zero-order valence-corrected chi connectivity index (χ0v) is 13.3. The Hall–Kier alpha value is -2.41. The smallest absolute Gasteiger partial charge is 0.281 e. The maximum Gasteiger partial charge on any atom is 0.281 e. The van der Waals surface area contributed by atoms with E-state index in [4.69, 9.17) is 0 Å². The molecular formula is C15H16N2O4S. The third-order valence-corrected chi connectivity index (χ3v) is 4.75. The van der Waals surface area contributed by atoms with Crippen molar-refractivity contribution in [3.8, 4) is 0 Å². The lowest BCUT2D eigenvalue weighted by molar-refractivity contribution is 0.0971. The number of aryl methyl sites for hydroxylation is 1. The summed E-state index contributed by atoms with van der Waals surface area (Å²) in [4.78, 5) is 23.2. The molecule has 0 fully saturated rings. The largest absolute Gasteiger partial charge is 0.344 e. The van der Waals surface area contributed by atoms with E-state index in [1.807, 2.05) is 11.6 Å². The number of nitrogens with one attached hydrogen (secondary N) is 1. The van der Waals surface area contributed by atoms with Crippen molar-refractivity contribution < 1.29 is 18.0 Å². The molecule has 1 heterocycles. The lowest BCUT2D eigenvalue weighted by atomic mass is 10.2. The number of sulfonamides is 1. The van der Waals surface area contributed by atoms with Crippen LogP contribution in [0.2, 0.25) is 0 Å². The Morgan fingerprint density at radius 1 is 1.05 bits per heavy atom. The van der Waals surface area contributed by atoms with Crippen LogP contribution in [0.4, 0.5) is 0 Å². The standard InChI is InChI=1S/C15H16N2O4S/c1-10-4-9-14(17(10)3)15(19)16-22(20,21)13-7-5-12(6-8-13)11(2)18/h4-9H,1-3H3,(H,16,19). The fourth-order valence-corrected chi connectivity index (χ4v) is 2.90. The second-order valence-corrected chi connectivity index (χ2v) is 6.62. The molecular weight excluding hydrogens is 304 g/mol. The first-order valence-electron chi connectivity index (χ1n) is 6.53. The molecule has 2 rings (SSSR count). The van der Waals surface area contributed by atoms with Gasteiger partial charge in [-0.15, -0.1) is 0 Å². The van der Waals surface area contributed by atoms with Gasteiger partial charge in [-0.3, -0.25) is 9.59 Å². The Bertz CT molecular complexity index is 833. The molecule has 116 valence electrons. The molecule has 0 aliphatic rings. The molecule has 0 aliphatic carbocycles. The van der Waals surface area contributed by atoms with Gasteiger partial charge in [0.1, 0.15) is 5.69 Å². The second kappa shape index (κ2) is 5.76. The third-order valence-electron chi connectivity index (χ3n) is 3.40. The molecule has 22 heavy (non-hydrogen) atoms.